The van der Waals surface area contributed by atoms with Crippen molar-refractivity contribution < 1.29 is 26.8 Å². The SMILES string of the molecule is CONC(=O)Nc1ccc(-c2sc3c(c2CN(C)CCNS(C)(=O)=O)c(=O)n(-c2ccccn2)c(=O)n3Cc2c(F)cccc2F)cc1. The van der Waals surface area contributed by atoms with E-state index in [1.54, 1.807) is 48.3 Å². The number of hydroxylamine groups is 1. The van der Waals surface area contributed by atoms with E-state index >= 15 is 0 Å². The molecule has 48 heavy (non-hydrogen) atoms. The first-order valence-electron chi connectivity index (χ1n) is 14.4. The van der Waals surface area contributed by atoms with Gasteiger partial charge in [0.15, 0.2) is 0 Å². The number of hydrogen-bond donors (Lipinski definition) is 3. The number of amides is 2. The summed E-state index contributed by atoms with van der Waals surface area (Å²) in [6, 6.07) is 14.2. The number of aromatic nitrogens is 3. The van der Waals surface area contributed by atoms with Gasteiger partial charge in [-0.3, -0.25) is 14.2 Å². The summed E-state index contributed by atoms with van der Waals surface area (Å²) < 4.78 is 57.7. The first-order chi connectivity index (χ1) is 22.9. The minimum absolute atomic E-state index is 0.0197. The van der Waals surface area contributed by atoms with Crippen LogP contribution in [0.2, 0.25) is 0 Å². The number of anilines is 1. The van der Waals surface area contributed by atoms with E-state index in [1.165, 1.54) is 25.4 Å². The number of rotatable bonds is 12. The van der Waals surface area contributed by atoms with Gasteiger partial charge in [-0.1, -0.05) is 24.3 Å². The number of carbonyl (C=O) groups excluding carboxylic acids is 1. The highest BCUT2D eigenvalue weighted by Crippen LogP contribution is 2.38. The molecule has 5 aromatic rings. The molecule has 13 nitrogen and oxygen atoms in total. The van der Waals surface area contributed by atoms with E-state index in [2.05, 4.69) is 25.3 Å². The van der Waals surface area contributed by atoms with Crippen LogP contribution in [0.1, 0.15) is 11.1 Å². The largest absolute Gasteiger partial charge is 0.343 e. The minimum atomic E-state index is -3.45. The maximum atomic E-state index is 14.9. The van der Waals surface area contributed by atoms with Crippen LogP contribution in [0.15, 0.2) is 76.4 Å². The smallest absolute Gasteiger partial charge is 0.306 e. The normalized spacial score (nSPS) is 11.7. The van der Waals surface area contributed by atoms with Gasteiger partial charge >= 0.3 is 11.7 Å². The molecule has 5 rings (SSSR count). The summed E-state index contributed by atoms with van der Waals surface area (Å²) in [5, 5.41) is 2.73. The van der Waals surface area contributed by atoms with Crippen molar-refractivity contribution in [2.75, 3.05) is 38.8 Å². The molecule has 3 aromatic heterocycles. The van der Waals surface area contributed by atoms with Gasteiger partial charge in [-0.25, -0.2) is 46.5 Å². The Morgan fingerprint density at radius 2 is 1.73 bits per heavy atom. The first kappa shape index (κ1) is 34.5. The maximum Gasteiger partial charge on any atom is 0.343 e. The number of thiophene rings is 1. The van der Waals surface area contributed by atoms with E-state index < -0.39 is 45.5 Å². The lowest BCUT2D eigenvalue weighted by Gasteiger charge is -2.18. The predicted octanol–water partition coefficient (Wildman–Crippen LogP) is 3.27. The predicted molar refractivity (Wildman–Crippen MR) is 179 cm³/mol. The highest BCUT2D eigenvalue weighted by molar-refractivity contribution is 7.88. The van der Waals surface area contributed by atoms with Crippen molar-refractivity contribution >= 4 is 43.3 Å². The summed E-state index contributed by atoms with van der Waals surface area (Å²) in [6.07, 6.45) is 2.46. The van der Waals surface area contributed by atoms with Gasteiger partial charge < -0.3 is 10.2 Å². The number of fused-ring (bicyclic) bond motifs is 1. The van der Waals surface area contributed by atoms with Gasteiger partial charge in [0.2, 0.25) is 10.0 Å². The van der Waals surface area contributed by atoms with E-state index in [1.807, 2.05) is 0 Å². The molecule has 0 fully saturated rings. The van der Waals surface area contributed by atoms with Crippen LogP contribution < -0.4 is 26.8 Å². The highest BCUT2D eigenvalue weighted by atomic mass is 32.2. The summed E-state index contributed by atoms with van der Waals surface area (Å²) in [5.74, 6) is -1.70. The molecule has 0 bridgehead atoms. The summed E-state index contributed by atoms with van der Waals surface area (Å²) in [5.41, 5.74) is 1.80. The molecule has 0 aliphatic carbocycles. The van der Waals surface area contributed by atoms with Crippen LogP contribution in [0.5, 0.6) is 0 Å². The zero-order valence-electron chi connectivity index (χ0n) is 26.0. The van der Waals surface area contributed by atoms with Crippen molar-refractivity contribution in [2.24, 2.45) is 0 Å². The number of nitrogens with one attached hydrogen (secondary N) is 3. The zero-order chi connectivity index (χ0) is 34.6. The molecule has 3 heterocycles. The standard InChI is InChI=1S/C31H31F2N7O6S2/c1-38(16-15-35-48(3,44)45)17-22-26-28(41)40(25-9-4-5-14-34-25)31(43)39(18-21-23(32)7-6-8-24(21)33)29(26)47-27(22)19-10-12-20(13-11-19)36-30(42)37-46-2/h4-14,35H,15-18H2,1-3H3,(H2,36,37,42). The molecule has 0 spiro atoms. The molecule has 0 aliphatic heterocycles. The van der Waals surface area contributed by atoms with Gasteiger partial charge in [-0.15, -0.1) is 11.3 Å². The number of sulfonamides is 1. The Kier molecular flexibility index (Phi) is 10.4. The first-order valence-corrected chi connectivity index (χ1v) is 17.1. The second kappa shape index (κ2) is 14.5. The quantitative estimate of drug-likeness (QED) is 0.168. The second-order valence-electron chi connectivity index (χ2n) is 10.7. The van der Waals surface area contributed by atoms with Crippen LogP contribution in [0.3, 0.4) is 0 Å². The summed E-state index contributed by atoms with van der Waals surface area (Å²) in [4.78, 5) is 51.7. The van der Waals surface area contributed by atoms with Crippen LogP contribution in [-0.2, 0) is 28.0 Å². The number of carbonyl (C=O) groups is 1. The van der Waals surface area contributed by atoms with Gasteiger partial charge in [0.05, 0.1) is 25.3 Å². The van der Waals surface area contributed by atoms with Crippen molar-refractivity contribution in [3.63, 3.8) is 0 Å². The molecule has 17 heteroatoms. The number of hydrogen-bond acceptors (Lipinski definition) is 9. The molecule has 0 aliphatic rings. The Hall–Kier alpha value is -4.81. The number of benzene rings is 2. The molecular formula is C31H31F2N7O6S2. The van der Waals surface area contributed by atoms with Crippen LogP contribution in [0.25, 0.3) is 26.5 Å². The number of pyridine rings is 1. The third kappa shape index (κ3) is 7.66. The molecule has 2 amide bonds. The van der Waals surface area contributed by atoms with Crippen LogP contribution in [0, 0.1) is 11.6 Å². The summed E-state index contributed by atoms with van der Waals surface area (Å²) in [7, 11) is -0.420. The van der Waals surface area contributed by atoms with Crippen molar-refractivity contribution in [1.29, 1.82) is 0 Å². The van der Waals surface area contributed by atoms with Gasteiger partial charge in [-0.05, 0) is 54.6 Å². The lowest BCUT2D eigenvalue weighted by molar-refractivity contribution is 0.114. The Labute approximate surface area is 277 Å². The zero-order valence-corrected chi connectivity index (χ0v) is 27.6. The fraction of sp³-hybridized carbons (Fsp3) is 0.226. The third-order valence-electron chi connectivity index (χ3n) is 7.21. The highest BCUT2D eigenvalue weighted by Gasteiger charge is 2.26. The molecule has 0 saturated heterocycles. The second-order valence-corrected chi connectivity index (χ2v) is 13.6. The van der Waals surface area contributed by atoms with E-state index in [4.69, 9.17) is 0 Å². The van der Waals surface area contributed by atoms with E-state index in [0.717, 1.165) is 38.9 Å². The molecular weight excluding hydrogens is 669 g/mol. The average molecular weight is 700 g/mol. The van der Waals surface area contributed by atoms with E-state index in [9.17, 15) is 31.6 Å². The van der Waals surface area contributed by atoms with Crippen molar-refractivity contribution in [1.82, 2.24) is 29.2 Å². The molecule has 2 aromatic carbocycles. The van der Waals surface area contributed by atoms with E-state index in [0.29, 0.717) is 21.7 Å². The van der Waals surface area contributed by atoms with Gasteiger partial charge in [0.1, 0.15) is 22.3 Å². The topological polar surface area (TPSA) is 157 Å². The van der Waals surface area contributed by atoms with Crippen LogP contribution >= 0.6 is 11.3 Å². The molecule has 252 valence electrons. The van der Waals surface area contributed by atoms with Gasteiger partial charge in [0, 0.05) is 42.0 Å². The number of likely N-dealkylation sites (N-methyl/N-ethyl adjacent to an activating group) is 1. The molecule has 0 unspecified atom stereocenters. The van der Waals surface area contributed by atoms with Crippen molar-refractivity contribution in [3.8, 4) is 16.3 Å². The number of nitrogens with zero attached hydrogens (tertiary/aromatic N) is 4. The van der Waals surface area contributed by atoms with Crippen molar-refractivity contribution in [3.05, 3.63) is 110 Å². The lowest BCUT2D eigenvalue weighted by Crippen LogP contribution is -2.39. The fourth-order valence-electron chi connectivity index (χ4n) is 5.05. The third-order valence-corrected chi connectivity index (χ3v) is 9.25. The van der Waals surface area contributed by atoms with Gasteiger partial charge in [0.25, 0.3) is 5.56 Å². The Balaban J connectivity index is 1.74. The molecule has 3 N–H and O–H groups in total. The average Bonchev–Trinajstić information content (AvgIpc) is 3.40. The summed E-state index contributed by atoms with van der Waals surface area (Å²) >= 11 is 1.09. The van der Waals surface area contributed by atoms with Gasteiger partial charge in [-0.2, -0.15) is 0 Å². The van der Waals surface area contributed by atoms with Crippen LogP contribution in [0.4, 0.5) is 19.3 Å². The number of urea groups is 1. The molecule has 0 atom stereocenters. The molecule has 0 saturated carbocycles. The van der Waals surface area contributed by atoms with Crippen molar-refractivity contribution in [2.45, 2.75) is 13.1 Å². The minimum Gasteiger partial charge on any atom is -0.306 e. The van der Waals surface area contributed by atoms with Crippen LogP contribution in [-0.4, -0.2) is 67.0 Å². The lowest BCUT2D eigenvalue weighted by atomic mass is 10.1. The Morgan fingerprint density at radius 3 is 2.35 bits per heavy atom. The Bertz CT molecular complexity index is 2170. The molecule has 0 radical (unpaired) electrons. The Morgan fingerprint density at radius 1 is 1.02 bits per heavy atom. The number of halogens is 2. The van der Waals surface area contributed by atoms with E-state index in [-0.39, 0.29) is 41.2 Å². The monoisotopic (exact) mass is 699 g/mol. The maximum absolute atomic E-state index is 14.9. The fourth-order valence-corrected chi connectivity index (χ4v) is 6.81. The summed E-state index contributed by atoms with van der Waals surface area (Å²) in [6.45, 7) is -0.0470.